The molecule has 0 fully saturated rings. The molecule has 32 heavy (non-hydrogen) atoms. The van der Waals surface area contributed by atoms with Gasteiger partial charge in [0.2, 0.25) is 0 Å². The van der Waals surface area contributed by atoms with Gasteiger partial charge in [0.25, 0.3) is 5.91 Å². The molecule has 6 nitrogen and oxygen atoms in total. The van der Waals surface area contributed by atoms with E-state index in [1.54, 1.807) is 13.0 Å². The molecule has 0 aliphatic carbocycles. The van der Waals surface area contributed by atoms with E-state index in [4.69, 9.17) is 18.9 Å². The summed E-state index contributed by atoms with van der Waals surface area (Å²) < 4.78 is 16.7. The number of hydrogen-bond donors (Lipinski definition) is 1. The monoisotopic (exact) mass is 426 g/mol. The Labute approximate surface area is 185 Å². The quantitative estimate of drug-likeness (QED) is 0.457. The van der Waals surface area contributed by atoms with E-state index in [0.29, 0.717) is 36.0 Å². The molecule has 160 valence electrons. The summed E-state index contributed by atoms with van der Waals surface area (Å²) in [6.07, 6.45) is 0. The van der Waals surface area contributed by atoms with Crippen molar-refractivity contribution in [2.45, 2.75) is 13.8 Å². The number of rotatable bonds is 4. The summed E-state index contributed by atoms with van der Waals surface area (Å²) in [5.41, 5.74) is 4.86. The number of carbonyl (C=O) groups excluding carboxylic acids is 1. The summed E-state index contributed by atoms with van der Waals surface area (Å²) >= 11 is 0. The molecule has 0 spiro atoms. The van der Waals surface area contributed by atoms with Crippen molar-refractivity contribution in [1.29, 1.82) is 0 Å². The van der Waals surface area contributed by atoms with Crippen LogP contribution in [0.4, 0.5) is 5.69 Å². The summed E-state index contributed by atoms with van der Waals surface area (Å²) in [5, 5.41) is 2.91. The Kier molecular flexibility index (Phi) is 5.11. The van der Waals surface area contributed by atoms with E-state index >= 15 is 0 Å². The van der Waals surface area contributed by atoms with Crippen molar-refractivity contribution >= 4 is 11.6 Å². The van der Waals surface area contributed by atoms with Crippen LogP contribution in [-0.2, 0) is 0 Å². The Bertz CT molecular complexity index is 1290. The third-order valence-electron chi connectivity index (χ3n) is 5.31. The molecule has 5 rings (SSSR count). The van der Waals surface area contributed by atoms with Gasteiger partial charge in [-0.05, 0) is 62.4 Å². The standard InChI is InChI=1S/C26H22N2O4/c1-16-14-21(17(2)32-16)26(29)27-20-9-6-18(7-10-20)22-4-3-5-23(28-22)19-8-11-24-25(15-19)31-13-12-30-24/h3-11,14-15H,12-13H2,1-2H3,(H,27,29). The Morgan fingerprint density at radius 1 is 0.844 bits per heavy atom. The second-order valence-corrected chi connectivity index (χ2v) is 7.62. The van der Waals surface area contributed by atoms with Gasteiger partial charge in [-0.3, -0.25) is 4.79 Å². The number of furan rings is 1. The van der Waals surface area contributed by atoms with E-state index in [0.717, 1.165) is 34.0 Å². The van der Waals surface area contributed by atoms with Gasteiger partial charge in [0.1, 0.15) is 24.7 Å². The van der Waals surface area contributed by atoms with E-state index in [-0.39, 0.29) is 5.91 Å². The number of aryl methyl sites for hydroxylation is 2. The number of fused-ring (bicyclic) bond motifs is 1. The van der Waals surface area contributed by atoms with Crippen molar-refractivity contribution in [2.75, 3.05) is 18.5 Å². The van der Waals surface area contributed by atoms with Crippen molar-refractivity contribution in [2.24, 2.45) is 0 Å². The molecule has 0 radical (unpaired) electrons. The molecule has 2 aromatic heterocycles. The number of amides is 1. The zero-order valence-electron chi connectivity index (χ0n) is 17.8. The lowest BCUT2D eigenvalue weighted by Crippen LogP contribution is -2.15. The predicted molar refractivity (Wildman–Crippen MR) is 122 cm³/mol. The van der Waals surface area contributed by atoms with Gasteiger partial charge < -0.3 is 19.2 Å². The molecule has 0 bridgehead atoms. The Morgan fingerprint density at radius 2 is 1.53 bits per heavy atom. The molecular weight excluding hydrogens is 404 g/mol. The lowest BCUT2D eigenvalue weighted by atomic mass is 10.1. The molecule has 1 aliphatic heterocycles. The van der Waals surface area contributed by atoms with Crippen molar-refractivity contribution in [3.8, 4) is 34.0 Å². The molecule has 1 aliphatic rings. The lowest BCUT2D eigenvalue weighted by Gasteiger charge is -2.18. The van der Waals surface area contributed by atoms with Crippen LogP contribution in [0.25, 0.3) is 22.5 Å². The number of pyridine rings is 1. The highest BCUT2D eigenvalue weighted by Gasteiger charge is 2.15. The first-order valence-corrected chi connectivity index (χ1v) is 10.4. The molecule has 2 aromatic carbocycles. The Balaban J connectivity index is 1.35. The third kappa shape index (κ3) is 3.95. The average Bonchev–Trinajstić information content (AvgIpc) is 3.17. The number of aromatic nitrogens is 1. The molecule has 1 amide bonds. The molecule has 1 N–H and O–H groups in total. The minimum absolute atomic E-state index is 0.189. The van der Waals surface area contributed by atoms with E-state index in [2.05, 4.69) is 5.32 Å². The smallest absolute Gasteiger partial charge is 0.259 e. The molecule has 0 unspecified atom stereocenters. The maximum atomic E-state index is 12.5. The fraction of sp³-hybridized carbons (Fsp3) is 0.154. The van der Waals surface area contributed by atoms with Crippen LogP contribution in [-0.4, -0.2) is 24.1 Å². The Morgan fingerprint density at radius 3 is 2.25 bits per heavy atom. The number of anilines is 1. The van der Waals surface area contributed by atoms with E-state index in [1.807, 2.05) is 67.6 Å². The van der Waals surface area contributed by atoms with Gasteiger partial charge in [0.05, 0.1) is 17.0 Å². The minimum atomic E-state index is -0.189. The van der Waals surface area contributed by atoms with Crippen LogP contribution >= 0.6 is 0 Å². The van der Waals surface area contributed by atoms with Gasteiger partial charge in [-0.15, -0.1) is 0 Å². The second kappa shape index (κ2) is 8.23. The van der Waals surface area contributed by atoms with Crippen LogP contribution in [0.2, 0.25) is 0 Å². The number of carbonyl (C=O) groups is 1. The largest absolute Gasteiger partial charge is 0.486 e. The number of nitrogens with one attached hydrogen (secondary N) is 1. The van der Waals surface area contributed by atoms with Gasteiger partial charge >= 0.3 is 0 Å². The number of benzene rings is 2. The number of nitrogens with zero attached hydrogens (tertiary/aromatic N) is 1. The average molecular weight is 426 g/mol. The van der Waals surface area contributed by atoms with Gasteiger partial charge in [0, 0.05) is 16.8 Å². The second-order valence-electron chi connectivity index (χ2n) is 7.62. The first-order chi connectivity index (χ1) is 15.6. The number of hydrogen-bond acceptors (Lipinski definition) is 5. The van der Waals surface area contributed by atoms with Crippen molar-refractivity contribution in [1.82, 2.24) is 4.98 Å². The summed E-state index contributed by atoms with van der Waals surface area (Å²) in [7, 11) is 0. The molecule has 0 atom stereocenters. The molecule has 6 heteroatoms. The van der Waals surface area contributed by atoms with Gasteiger partial charge in [-0.1, -0.05) is 18.2 Å². The van der Waals surface area contributed by atoms with Gasteiger partial charge in [0.15, 0.2) is 11.5 Å². The zero-order chi connectivity index (χ0) is 22.1. The normalized spacial score (nSPS) is 12.4. The first kappa shape index (κ1) is 19.9. The predicted octanol–water partition coefficient (Wildman–Crippen LogP) is 5.65. The molecular formula is C26H22N2O4. The van der Waals surface area contributed by atoms with Crippen LogP contribution < -0.4 is 14.8 Å². The summed E-state index contributed by atoms with van der Waals surface area (Å²) in [6.45, 7) is 4.72. The highest BCUT2D eigenvalue weighted by atomic mass is 16.6. The van der Waals surface area contributed by atoms with Crippen LogP contribution in [0.1, 0.15) is 21.9 Å². The van der Waals surface area contributed by atoms with Crippen LogP contribution in [0.15, 0.2) is 71.1 Å². The molecule has 0 saturated heterocycles. The fourth-order valence-corrected chi connectivity index (χ4v) is 3.74. The Hall–Kier alpha value is -4.06. The number of ether oxygens (including phenoxy) is 2. The first-order valence-electron chi connectivity index (χ1n) is 10.4. The third-order valence-corrected chi connectivity index (χ3v) is 5.31. The molecule has 3 heterocycles. The topological polar surface area (TPSA) is 73.6 Å². The SMILES string of the molecule is Cc1cc(C(=O)Nc2ccc(-c3cccc(-c4ccc5c(c4)OCCO5)n3)cc2)c(C)o1. The van der Waals surface area contributed by atoms with Gasteiger partial charge in [-0.25, -0.2) is 4.98 Å². The van der Waals surface area contributed by atoms with Crippen LogP contribution in [0.3, 0.4) is 0 Å². The highest BCUT2D eigenvalue weighted by Crippen LogP contribution is 2.34. The zero-order valence-corrected chi connectivity index (χ0v) is 17.8. The van der Waals surface area contributed by atoms with Crippen LogP contribution in [0, 0.1) is 13.8 Å². The van der Waals surface area contributed by atoms with E-state index in [9.17, 15) is 4.79 Å². The lowest BCUT2D eigenvalue weighted by molar-refractivity contribution is 0.102. The summed E-state index contributed by atoms with van der Waals surface area (Å²) in [6, 6.07) is 21.1. The maximum absolute atomic E-state index is 12.5. The minimum Gasteiger partial charge on any atom is -0.486 e. The summed E-state index contributed by atoms with van der Waals surface area (Å²) in [4.78, 5) is 17.3. The van der Waals surface area contributed by atoms with Crippen molar-refractivity contribution in [3.05, 3.63) is 83.8 Å². The van der Waals surface area contributed by atoms with Crippen LogP contribution in [0.5, 0.6) is 11.5 Å². The van der Waals surface area contributed by atoms with Gasteiger partial charge in [-0.2, -0.15) is 0 Å². The molecule has 4 aromatic rings. The fourth-order valence-electron chi connectivity index (χ4n) is 3.74. The van der Waals surface area contributed by atoms with Crippen molar-refractivity contribution in [3.63, 3.8) is 0 Å². The highest BCUT2D eigenvalue weighted by molar-refractivity contribution is 6.05. The summed E-state index contributed by atoms with van der Waals surface area (Å²) in [5.74, 6) is 2.63. The van der Waals surface area contributed by atoms with E-state index < -0.39 is 0 Å². The van der Waals surface area contributed by atoms with Crippen molar-refractivity contribution < 1.29 is 18.7 Å². The van der Waals surface area contributed by atoms with E-state index in [1.165, 1.54) is 0 Å². The molecule has 0 saturated carbocycles. The maximum Gasteiger partial charge on any atom is 0.259 e.